The minimum absolute atomic E-state index is 0.138. The Morgan fingerprint density at radius 2 is 2.05 bits per heavy atom. The summed E-state index contributed by atoms with van der Waals surface area (Å²) < 4.78 is 28.9. The number of rotatable bonds is 6. The molecule has 0 saturated heterocycles. The predicted octanol–water partition coefficient (Wildman–Crippen LogP) is 1.07. The standard InChI is InChI=1S/C14H24N4O2S/c1-3-16(4-2)8-13-10-17(21(19,20)14-5-6-14)9-12-7-15-11-18(12)13/h7,11,13-14H,3-6,8-10H2,1-2H3. The lowest BCUT2D eigenvalue weighted by molar-refractivity contribution is 0.201. The number of aromatic nitrogens is 2. The maximum absolute atomic E-state index is 12.5. The van der Waals surface area contributed by atoms with Crippen molar-refractivity contribution in [3.63, 3.8) is 0 Å². The quantitative estimate of drug-likeness (QED) is 0.788. The maximum Gasteiger partial charge on any atom is 0.217 e. The van der Waals surface area contributed by atoms with Crippen LogP contribution in [0.25, 0.3) is 0 Å². The van der Waals surface area contributed by atoms with Crippen LogP contribution in [-0.2, 0) is 16.6 Å². The summed E-state index contributed by atoms with van der Waals surface area (Å²) in [6, 6.07) is 0.157. The number of sulfonamides is 1. The van der Waals surface area contributed by atoms with E-state index in [2.05, 4.69) is 28.3 Å². The Kier molecular flexibility index (Phi) is 4.07. The summed E-state index contributed by atoms with van der Waals surface area (Å²) in [4.78, 5) is 6.55. The largest absolute Gasteiger partial charge is 0.328 e. The average molecular weight is 312 g/mol. The Bertz CT molecular complexity index is 590. The summed E-state index contributed by atoms with van der Waals surface area (Å²) in [6.45, 7) is 8.14. The zero-order valence-corrected chi connectivity index (χ0v) is 13.6. The number of imidazole rings is 1. The summed E-state index contributed by atoms with van der Waals surface area (Å²) in [5.74, 6) is 0. The second kappa shape index (κ2) is 5.70. The van der Waals surface area contributed by atoms with Crippen molar-refractivity contribution < 1.29 is 8.42 Å². The minimum atomic E-state index is -3.12. The van der Waals surface area contributed by atoms with Crippen molar-refractivity contribution in [1.82, 2.24) is 18.8 Å². The molecule has 1 saturated carbocycles. The van der Waals surface area contributed by atoms with E-state index < -0.39 is 10.0 Å². The van der Waals surface area contributed by atoms with E-state index in [1.54, 1.807) is 10.5 Å². The van der Waals surface area contributed by atoms with Gasteiger partial charge in [0.2, 0.25) is 10.0 Å². The van der Waals surface area contributed by atoms with Crippen molar-refractivity contribution in [3.05, 3.63) is 18.2 Å². The van der Waals surface area contributed by atoms with Crippen molar-refractivity contribution in [2.45, 2.75) is 44.5 Å². The minimum Gasteiger partial charge on any atom is -0.328 e. The zero-order chi connectivity index (χ0) is 15.0. The number of hydrogen-bond donors (Lipinski definition) is 0. The SMILES string of the molecule is CCN(CC)CC1CN(S(=O)(=O)C2CC2)Cc2cncn21. The van der Waals surface area contributed by atoms with Crippen molar-refractivity contribution >= 4 is 10.0 Å². The van der Waals surface area contributed by atoms with Crippen LogP contribution in [0.1, 0.15) is 38.4 Å². The third-order valence-electron chi connectivity index (χ3n) is 4.56. The maximum atomic E-state index is 12.5. The van der Waals surface area contributed by atoms with Gasteiger partial charge in [-0.2, -0.15) is 4.31 Å². The van der Waals surface area contributed by atoms with Crippen LogP contribution in [-0.4, -0.2) is 58.6 Å². The fourth-order valence-corrected chi connectivity index (χ4v) is 4.89. The van der Waals surface area contributed by atoms with E-state index in [1.165, 1.54) is 0 Å². The van der Waals surface area contributed by atoms with E-state index in [9.17, 15) is 8.42 Å². The summed E-state index contributed by atoms with van der Waals surface area (Å²) >= 11 is 0. The second-order valence-electron chi connectivity index (χ2n) is 5.97. The molecule has 0 radical (unpaired) electrons. The first-order chi connectivity index (χ1) is 10.1. The molecule has 21 heavy (non-hydrogen) atoms. The zero-order valence-electron chi connectivity index (χ0n) is 12.8. The number of fused-ring (bicyclic) bond motifs is 1. The van der Waals surface area contributed by atoms with Crippen LogP contribution < -0.4 is 0 Å². The highest BCUT2D eigenvalue weighted by Gasteiger charge is 2.42. The molecule has 1 unspecified atom stereocenters. The van der Waals surface area contributed by atoms with E-state index in [-0.39, 0.29) is 11.3 Å². The number of hydrogen-bond acceptors (Lipinski definition) is 4. The van der Waals surface area contributed by atoms with E-state index in [0.29, 0.717) is 13.1 Å². The molecule has 0 spiro atoms. The predicted molar refractivity (Wildman–Crippen MR) is 81.4 cm³/mol. The number of nitrogens with zero attached hydrogens (tertiary/aromatic N) is 4. The van der Waals surface area contributed by atoms with E-state index in [0.717, 1.165) is 38.2 Å². The van der Waals surface area contributed by atoms with Crippen molar-refractivity contribution in [3.8, 4) is 0 Å². The molecule has 1 fully saturated rings. The highest BCUT2D eigenvalue weighted by molar-refractivity contribution is 7.90. The molecular weight excluding hydrogens is 288 g/mol. The van der Waals surface area contributed by atoms with Crippen LogP contribution in [0.3, 0.4) is 0 Å². The Balaban J connectivity index is 1.83. The van der Waals surface area contributed by atoms with Crippen molar-refractivity contribution in [2.75, 3.05) is 26.2 Å². The summed E-state index contributed by atoms with van der Waals surface area (Å²) in [7, 11) is -3.12. The van der Waals surface area contributed by atoms with Gasteiger partial charge in [0.05, 0.1) is 29.9 Å². The fraction of sp³-hybridized carbons (Fsp3) is 0.786. The molecule has 1 aromatic heterocycles. The molecule has 2 aliphatic rings. The van der Waals surface area contributed by atoms with Crippen LogP contribution in [0.4, 0.5) is 0 Å². The van der Waals surface area contributed by atoms with Gasteiger partial charge in [-0.1, -0.05) is 13.8 Å². The summed E-state index contributed by atoms with van der Waals surface area (Å²) in [5, 5.41) is -0.138. The van der Waals surface area contributed by atoms with Gasteiger partial charge in [0.1, 0.15) is 0 Å². The van der Waals surface area contributed by atoms with Gasteiger partial charge in [0, 0.05) is 19.3 Å². The Labute approximate surface area is 126 Å². The first-order valence-electron chi connectivity index (χ1n) is 7.78. The highest BCUT2D eigenvalue weighted by atomic mass is 32.2. The average Bonchev–Trinajstić information content (AvgIpc) is 3.23. The topological polar surface area (TPSA) is 58.4 Å². The normalized spacial score (nSPS) is 23.5. The number of likely N-dealkylation sites (N-methyl/N-ethyl adjacent to an activating group) is 1. The smallest absolute Gasteiger partial charge is 0.217 e. The van der Waals surface area contributed by atoms with E-state index in [1.807, 2.05) is 6.33 Å². The highest BCUT2D eigenvalue weighted by Crippen LogP contribution is 2.34. The van der Waals surface area contributed by atoms with Crippen molar-refractivity contribution in [2.24, 2.45) is 0 Å². The van der Waals surface area contributed by atoms with E-state index in [4.69, 9.17) is 0 Å². The van der Waals surface area contributed by atoms with Gasteiger partial charge < -0.3 is 9.47 Å². The molecule has 0 aromatic carbocycles. The third-order valence-corrected chi connectivity index (χ3v) is 6.87. The molecule has 1 aliphatic heterocycles. The lowest BCUT2D eigenvalue weighted by Crippen LogP contribution is -2.45. The molecule has 0 bridgehead atoms. The molecule has 1 atom stereocenters. The molecule has 7 heteroatoms. The van der Waals surface area contributed by atoms with Gasteiger partial charge in [-0.25, -0.2) is 13.4 Å². The monoisotopic (exact) mass is 312 g/mol. The van der Waals surface area contributed by atoms with Crippen LogP contribution in [0.5, 0.6) is 0 Å². The van der Waals surface area contributed by atoms with Gasteiger partial charge in [-0.3, -0.25) is 0 Å². The molecule has 0 N–H and O–H groups in total. The summed E-state index contributed by atoms with van der Waals surface area (Å²) in [6.07, 6.45) is 5.27. The molecule has 6 nitrogen and oxygen atoms in total. The Morgan fingerprint density at radius 1 is 1.33 bits per heavy atom. The molecule has 118 valence electrons. The Hall–Kier alpha value is -0.920. The molecule has 1 aromatic rings. The lowest BCUT2D eigenvalue weighted by Gasteiger charge is -2.36. The molecule has 0 amide bonds. The molecule has 3 rings (SSSR count). The van der Waals surface area contributed by atoms with Crippen LogP contribution >= 0.6 is 0 Å². The third kappa shape index (κ3) is 2.86. The van der Waals surface area contributed by atoms with Gasteiger partial charge in [0.25, 0.3) is 0 Å². The van der Waals surface area contributed by atoms with Crippen LogP contribution in [0.2, 0.25) is 0 Å². The molecule has 2 heterocycles. The van der Waals surface area contributed by atoms with Gasteiger partial charge >= 0.3 is 0 Å². The lowest BCUT2D eigenvalue weighted by atomic mass is 10.2. The van der Waals surface area contributed by atoms with Gasteiger partial charge in [0.15, 0.2) is 0 Å². The first-order valence-corrected chi connectivity index (χ1v) is 9.28. The van der Waals surface area contributed by atoms with Gasteiger partial charge in [-0.15, -0.1) is 0 Å². The summed E-state index contributed by atoms with van der Waals surface area (Å²) in [5.41, 5.74) is 1.00. The van der Waals surface area contributed by atoms with Gasteiger partial charge in [-0.05, 0) is 25.9 Å². The first kappa shape index (κ1) is 15.0. The van der Waals surface area contributed by atoms with Crippen LogP contribution in [0, 0.1) is 0 Å². The molecule has 1 aliphatic carbocycles. The molecular formula is C14H24N4O2S. The Morgan fingerprint density at radius 3 is 2.67 bits per heavy atom. The van der Waals surface area contributed by atoms with E-state index >= 15 is 0 Å². The van der Waals surface area contributed by atoms with Crippen molar-refractivity contribution in [1.29, 1.82) is 0 Å². The second-order valence-corrected chi connectivity index (χ2v) is 8.18. The van der Waals surface area contributed by atoms with Crippen LogP contribution in [0.15, 0.2) is 12.5 Å². The fourth-order valence-electron chi connectivity index (χ4n) is 3.05.